The molecule has 0 saturated heterocycles. The minimum absolute atomic E-state index is 0.0453. The number of carbonyl (C=O) groups is 2. The summed E-state index contributed by atoms with van der Waals surface area (Å²) in [5.41, 5.74) is 0.438. The van der Waals surface area contributed by atoms with Crippen molar-refractivity contribution >= 4 is 11.7 Å². The first-order chi connectivity index (χ1) is 20.4. The van der Waals surface area contributed by atoms with Gasteiger partial charge in [0.05, 0.1) is 17.8 Å². The molecular formula is C31H26F6N4O2. The van der Waals surface area contributed by atoms with Crippen LogP contribution in [0.4, 0.5) is 26.3 Å². The monoisotopic (exact) mass is 600 g/mol. The van der Waals surface area contributed by atoms with Crippen molar-refractivity contribution in [1.82, 2.24) is 20.1 Å². The van der Waals surface area contributed by atoms with Gasteiger partial charge in [-0.15, -0.1) is 0 Å². The fourth-order valence-corrected chi connectivity index (χ4v) is 5.18. The number of hydrogen-bond donors (Lipinski definition) is 1. The molecule has 224 valence electrons. The van der Waals surface area contributed by atoms with E-state index in [0.29, 0.717) is 41.4 Å². The summed E-state index contributed by atoms with van der Waals surface area (Å²) in [5.74, 6) is -4.42. The third kappa shape index (κ3) is 6.95. The molecule has 6 nitrogen and oxygen atoms in total. The largest absolute Gasteiger partial charge is 0.435 e. The van der Waals surface area contributed by atoms with E-state index in [-0.39, 0.29) is 29.9 Å². The maximum absolute atomic E-state index is 14.4. The van der Waals surface area contributed by atoms with Crippen LogP contribution in [0.3, 0.4) is 0 Å². The number of aromatic nitrogens is 3. The van der Waals surface area contributed by atoms with Gasteiger partial charge in [0.15, 0.2) is 11.5 Å². The van der Waals surface area contributed by atoms with Crippen LogP contribution in [0.15, 0.2) is 60.8 Å². The van der Waals surface area contributed by atoms with Crippen molar-refractivity contribution in [2.24, 2.45) is 0 Å². The van der Waals surface area contributed by atoms with Gasteiger partial charge in [0.25, 0.3) is 5.91 Å². The third-order valence-corrected chi connectivity index (χ3v) is 7.28. The summed E-state index contributed by atoms with van der Waals surface area (Å²) in [7, 11) is 1.36. The molecular weight excluding hydrogens is 574 g/mol. The average Bonchev–Trinajstić information content (AvgIpc) is 3.70. The third-order valence-electron chi connectivity index (χ3n) is 7.28. The van der Waals surface area contributed by atoms with Crippen LogP contribution >= 0.6 is 0 Å². The van der Waals surface area contributed by atoms with E-state index in [1.807, 2.05) is 0 Å². The van der Waals surface area contributed by atoms with Crippen LogP contribution < -0.4 is 5.32 Å². The van der Waals surface area contributed by atoms with Gasteiger partial charge in [0.2, 0.25) is 0 Å². The Kier molecular flexibility index (Phi) is 8.38. The number of nitrogens with zero attached hydrogens (tertiary/aromatic N) is 3. The Balaban J connectivity index is 1.52. The molecule has 0 spiro atoms. The molecule has 43 heavy (non-hydrogen) atoms. The number of ketones is 1. The number of rotatable bonds is 10. The second kappa shape index (κ2) is 12.0. The van der Waals surface area contributed by atoms with E-state index in [0.717, 1.165) is 28.9 Å². The zero-order chi connectivity index (χ0) is 30.9. The summed E-state index contributed by atoms with van der Waals surface area (Å²) in [4.78, 5) is 30.1. The highest BCUT2D eigenvalue weighted by atomic mass is 19.4. The van der Waals surface area contributed by atoms with Crippen molar-refractivity contribution in [3.05, 3.63) is 106 Å². The number of nitrogens with one attached hydrogen (secondary N) is 1. The van der Waals surface area contributed by atoms with E-state index >= 15 is 0 Å². The molecule has 0 aliphatic heterocycles. The quantitative estimate of drug-likeness (QED) is 0.208. The van der Waals surface area contributed by atoms with Gasteiger partial charge in [-0.05, 0) is 66.8 Å². The molecule has 1 fully saturated rings. The standard InChI is InChI=1S/C31H26F6N4O2/c1-38-30(43)25-13-19(6-7-26(25)34)24-3-2-8-39-29(24)20(9-17-10-21(32)14-22(33)11-17)12-23(42)16-41-27(18-4-5-18)15-28(40-41)31(35,36)37/h2-3,6-8,10-11,13-15,18,20H,4-5,9,12,16H2,1H3,(H,38,43)/t20-/m1/s1. The van der Waals surface area contributed by atoms with Crippen LogP contribution in [0, 0.1) is 17.5 Å². The fourth-order valence-electron chi connectivity index (χ4n) is 5.18. The summed E-state index contributed by atoms with van der Waals surface area (Å²) < 4.78 is 83.9. The van der Waals surface area contributed by atoms with Gasteiger partial charge in [0, 0.05) is 48.8 Å². The Bertz CT molecular complexity index is 1660. The molecule has 2 aromatic carbocycles. The van der Waals surface area contributed by atoms with E-state index < -0.39 is 53.5 Å². The van der Waals surface area contributed by atoms with Crippen molar-refractivity contribution in [2.75, 3.05) is 7.05 Å². The maximum Gasteiger partial charge on any atom is 0.435 e. The number of pyridine rings is 1. The van der Waals surface area contributed by atoms with Crippen LogP contribution in [-0.4, -0.2) is 33.5 Å². The first-order valence-corrected chi connectivity index (χ1v) is 13.5. The van der Waals surface area contributed by atoms with Gasteiger partial charge in [-0.25, -0.2) is 13.2 Å². The zero-order valence-electron chi connectivity index (χ0n) is 22.9. The molecule has 12 heteroatoms. The molecule has 0 radical (unpaired) electrons. The highest BCUT2D eigenvalue weighted by Gasteiger charge is 2.38. The van der Waals surface area contributed by atoms with Gasteiger partial charge in [0.1, 0.15) is 17.5 Å². The smallest absolute Gasteiger partial charge is 0.355 e. The van der Waals surface area contributed by atoms with Crippen LogP contribution in [-0.2, 0) is 23.9 Å². The zero-order valence-corrected chi connectivity index (χ0v) is 22.9. The maximum atomic E-state index is 14.4. The predicted molar refractivity (Wildman–Crippen MR) is 145 cm³/mol. The molecule has 2 aromatic heterocycles. The number of Topliss-reactive ketones (excluding diaryl/α,β-unsaturated/α-hetero) is 1. The molecule has 2 heterocycles. The van der Waals surface area contributed by atoms with Gasteiger partial charge in [-0.3, -0.25) is 19.3 Å². The Morgan fingerprint density at radius 3 is 2.40 bits per heavy atom. The Labute approximate surface area is 242 Å². The van der Waals surface area contributed by atoms with E-state index in [4.69, 9.17) is 0 Å². The number of carbonyl (C=O) groups excluding carboxylic acids is 2. The minimum atomic E-state index is -4.67. The molecule has 0 unspecified atom stereocenters. The van der Waals surface area contributed by atoms with Gasteiger partial charge in [-0.1, -0.05) is 12.1 Å². The fraction of sp³-hybridized carbons (Fsp3) is 0.290. The van der Waals surface area contributed by atoms with Gasteiger partial charge >= 0.3 is 6.18 Å². The lowest BCUT2D eigenvalue weighted by atomic mass is 9.86. The van der Waals surface area contributed by atoms with Gasteiger partial charge in [-0.2, -0.15) is 18.3 Å². The van der Waals surface area contributed by atoms with E-state index in [1.165, 1.54) is 25.4 Å². The highest BCUT2D eigenvalue weighted by Crippen LogP contribution is 2.42. The molecule has 1 aliphatic carbocycles. The highest BCUT2D eigenvalue weighted by molar-refractivity contribution is 5.95. The molecule has 1 aliphatic rings. The molecule has 1 amide bonds. The molecule has 1 atom stereocenters. The minimum Gasteiger partial charge on any atom is -0.355 e. The topological polar surface area (TPSA) is 76.9 Å². The van der Waals surface area contributed by atoms with Crippen molar-refractivity contribution in [3.8, 4) is 11.1 Å². The van der Waals surface area contributed by atoms with Crippen LogP contribution in [0.1, 0.15) is 64.1 Å². The lowest BCUT2D eigenvalue weighted by Crippen LogP contribution is -2.20. The Morgan fingerprint density at radius 1 is 1.02 bits per heavy atom. The predicted octanol–water partition coefficient (Wildman–Crippen LogP) is 6.60. The lowest BCUT2D eigenvalue weighted by Gasteiger charge is -2.20. The number of benzene rings is 2. The van der Waals surface area contributed by atoms with Crippen LogP contribution in [0.25, 0.3) is 11.1 Å². The van der Waals surface area contributed by atoms with Crippen molar-refractivity contribution in [3.63, 3.8) is 0 Å². The molecule has 0 bridgehead atoms. The summed E-state index contributed by atoms with van der Waals surface area (Å²) in [6, 6.07) is 11.1. The Morgan fingerprint density at radius 2 is 1.74 bits per heavy atom. The molecule has 1 N–H and O–H groups in total. The Hall–Kier alpha value is -4.48. The first-order valence-electron chi connectivity index (χ1n) is 13.5. The van der Waals surface area contributed by atoms with Crippen LogP contribution in [0.2, 0.25) is 0 Å². The van der Waals surface area contributed by atoms with Crippen LogP contribution in [0.5, 0.6) is 0 Å². The SMILES string of the molecule is CNC(=O)c1cc(-c2cccnc2[C@@H](CC(=O)Cn2nc(C(F)(F)F)cc2C2CC2)Cc2cc(F)cc(F)c2)ccc1F. The lowest BCUT2D eigenvalue weighted by molar-refractivity contribution is -0.141. The second-order valence-corrected chi connectivity index (χ2v) is 10.5. The molecule has 4 aromatic rings. The second-order valence-electron chi connectivity index (χ2n) is 10.5. The number of halogens is 6. The number of alkyl halides is 3. The number of hydrogen-bond acceptors (Lipinski definition) is 4. The van der Waals surface area contributed by atoms with E-state index in [9.17, 15) is 35.9 Å². The van der Waals surface area contributed by atoms with Crippen molar-refractivity contribution in [2.45, 2.75) is 50.2 Å². The first kappa shape index (κ1) is 30.0. The summed E-state index contributed by atoms with van der Waals surface area (Å²) in [6.45, 7) is -0.435. The normalized spacial score (nSPS) is 14.0. The summed E-state index contributed by atoms with van der Waals surface area (Å²) >= 11 is 0. The van der Waals surface area contributed by atoms with Crippen molar-refractivity contribution < 1.29 is 35.9 Å². The summed E-state index contributed by atoms with van der Waals surface area (Å²) in [6.07, 6.45) is -2.13. The number of amides is 1. The van der Waals surface area contributed by atoms with E-state index in [2.05, 4.69) is 15.4 Å². The molecule has 1 saturated carbocycles. The van der Waals surface area contributed by atoms with Crippen molar-refractivity contribution in [1.29, 1.82) is 0 Å². The van der Waals surface area contributed by atoms with Gasteiger partial charge < -0.3 is 5.32 Å². The summed E-state index contributed by atoms with van der Waals surface area (Å²) in [5, 5.41) is 6.03. The average molecular weight is 601 g/mol. The van der Waals surface area contributed by atoms with E-state index in [1.54, 1.807) is 12.1 Å². The molecule has 5 rings (SSSR count).